The van der Waals surface area contributed by atoms with E-state index in [1.807, 2.05) is 60.7 Å². The molecule has 2 aromatic carbocycles. The number of ether oxygens (including phenoxy) is 3. The van der Waals surface area contributed by atoms with Crippen molar-refractivity contribution in [2.75, 3.05) is 13.2 Å². The highest BCUT2D eigenvalue weighted by molar-refractivity contribution is 5.67. The molecule has 5 nitrogen and oxygen atoms in total. The summed E-state index contributed by atoms with van der Waals surface area (Å²) in [5, 5.41) is 0. The first kappa shape index (κ1) is 20.2. The highest BCUT2D eigenvalue weighted by Gasteiger charge is 2.52. The second-order valence-electron chi connectivity index (χ2n) is 7.12. The minimum atomic E-state index is -0.448. The maximum Gasteiger partial charge on any atom is 0.302 e. The summed E-state index contributed by atoms with van der Waals surface area (Å²) < 4.78 is 17.1. The van der Waals surface area contributed by atoms with Crippen molar-refractivity contribution in [2.45, 2.75) is 26.2 Å². The first-order valence-corrected chi connectivity index (χ1v) is 9.55. The fourth-order valence-electron chi connectivity index (χ4n) is 3.68. The Hall–Kier alpha value is -2.50. The van der Waals surface area contributed by atoms with Crippen LogP contribution in [-0.2, 0) is 37.0 Å². The van der Waals surface area contributed by atoms with E-state index in [0.717, 1.165) is 17.4 Å². The Morgan fingerprint density at radius 3 is 1.82 bits per heavy atom. The Labute approximate surface area is 165 Å². The molecule has 0 aliphatic heterocycles. The van der Waals surface area contributed by atoms with Crippen molar-refractivity contribution in [3.8, 4) is 0 Å². The van der Waals surface area contributed by atoms with Gasteiger partial charge in [-0.05, 0) is 11.1 Å². The zero-order valence-electron chi connectivity index (χ0n) is 16.0. The molecule has 2 aromatic rings. The van der Waals surface area contributed by atoms with Gasteiger partial charge in [0.2, 0.25) is 0 Å². The number of carbonyl (C=O) groups is 2. The van der Waals surface area contributed by atoms with E-state index in [0.29, 0.717) is 26.4 Å². The van der Waals surface area contributed by atoms with E-state index in [9.17, 15) is 9.59 Å². The number of esters is 1. The van der Waals surface area contributed by atoms with E-state index < -0.39 is 6.10 Å². The lowest BCUT2D eigenvalue weighted by Crippen LogP contribution is -2.57. The van der Waals surface area contributed by atoms with E-state index in [2.05, 4.69) is 0 Å². The van der Waals surface area contributed by atoms with Crippen LogP contribution in [-0.4, -0.2) is 31.6 Å². The molecule has 0 aromatic heterocycles. The van der Waals surface area contributed by atoms with Crippen LogP contribution in [0.1, 0.15) is 18.1 Å². The molecule has 1 aliphatic carbocycles. The van der Waals surface area contributed by atoms with Crippen LogP contribution in [0.3, 0.4) is 0 Å². The zero-order valence-corrected chi connectivity index (χ0v) is 16.0. The summed E-state index contributed by atoms with van der Waals surface area (Å²) in [4.78, 5) is 23.0. The largest absolute Gasteiger partial charge is 0.461 e. The van der Waals surface area contributed by atoms with Gasteiger partial charge >= 0.3 is 5.97 Å². The van der Waals surface area contributed by atoms with E-state index in [4.69, 9.17) is 14.2 Å². The molecule has 1 saturated carbocycles. The normalized spacial score (nSPS) is 23.6. The summed E-state index contributed by atoms with van der Waals surface area (Å²) in [5.41, 5.74) is 2.16. The van der Waals surface area contributed by atoms with Gasteiger partial charge in [-0.3, -0.25) is 4.79 Å². The predicted molar refractivity (Wildman–Crippen MR) is 104 cm³/mol. The van der Waals surface area contributed by atoms with Crippen LogP contribution in [0.5, 0.6) is 0 Å². The summed E-state index contributed by atoms with van der Waals surface area (Å²) in [6.45, 7) is 3.17. The molecule has 28 heavy (non-hydrogen) atoms. The standard InChI is InChI=1S/C23H26O5/c1-17(25)28-23-20(12-24)21(15-26-13-18-8-4-2-5-9-18)22(23)16-27-14-19-10-6-3-7-11-19/h2-12,20-23H,13-16H2,1H3/t20-,21-,22+,23-/m0/s1. The lowest BCUT2D eigenvalue weighted by atomic mass is 9.63. The Balaban J connectivity index is 1.56. The minimum Gasteiger partial charge on any atom is -0.461 e. The van der Waals surface area contributed by atoms with E-state index in [1.54, 1.807) is 0 Å². The summed E-state index contributed by atoms with van der Waals surface area (Å²) in [6, 6.07) is 19.8. The van der Waals surface area contributed by atoms with Gasteiger partial charge in [-0.2, -0.15) is 0 Å². The predicted octanol–water partition coefficient (Wildman–Crippen LogP) is 3.41. The third-order valence-corrected chi connectivity index (χ3v) is 5.15. The van der Waals surface area contributed by atoms with E-state index in [-0.39, 0.29) is 23.7 Å². The number of aldehydes is 1. The number of benzene rings is 2. The average Bonchev–Trinajstić information content (AvgIpc) is 2.71. The van der Waals surface area contributed by atoms with Gasteiger partial charge in [0.15, 0.2) is 0 Å². The molecule has 0 amide bonds. The van der Waals surface area contributed by atoms with Gasteiger partial charge in [0, 0.05) is 18.8 Å². The molecule has 1 fully saturated rings. The quantitative estimate of drug-likeness (QED) is 0.465. The molecular formula is C23H26O5. The number of hydrogen-bond acceptors (Lipinski definition) is 5. The Kier molecular flexibility index (Phi) is 7.34. The lowest BCUT2D eigenvalue weighted by molar-refractivity contribution is -0.189. The van der Waals surface area contributed by atoms with Crippen LogP contribution in [0.25, 0.3) is 0 Å². The molecule has 0 saturated heterocycles. The third-order valence-electron chi connectivity index (χ3n) is 5.15. The summed E-state index contributed by atoms with van der Waals surface area (Å²) in [6.07, 6.45) is 0.425. The summed E-state index contributed by atoms with van der Waals surface area (Å²) in [7, 11) is 0. The first-order chi connectivity index (χ1) is 13.7. The SMILES string of the molecule is CC(=O)O[C@H]1[C@@H](C=O)[C@H](COCc2ccccc2)[C@H]1COCc1ccccc1. The molecule has 4 atom stereocenters. The molecule has 0 spiro atoms. The van der Waals surface area contributed by atoms with Gasteiger partial charge in [-0.1, -0.05) is 60.7 Å². The van der Waals surface area contributed by atoms with Crippen LogP contribution in [0, 0.1) is 17.8 Å². The molecule has 0 radical (unpaired) electrons. The fourth-order valence-corrected chi connectivity index (χ4v) is 3.68. The van der Waals surface area contributed by atoms with Gasteiger partial charge in [-0.15, -0.1) is 0 Å². The topological polar surface area (TPSA) is 61.8 Å². The molecule has 5 heteroatoms. The van der Waals surface area contributed by atoms with Gasteiger partial charge in [0.05, 0.1) is 32.3 Å². The van der Waals surface area contributed by atoms with Gasteiger partial charge < -0.3 is 19.0 Å². The number of rotatable bonds is 10. The Morgan fingerprint density at radius 2 is 1.36 bits per heavy atom. The molecule has 0 heterocycles. The van der Waals surface area contributed by atoms with Crippen LogP contribution in [0.4, 0.5) is 0 Å². The van der Waals surface area contributed by atoms with Crippen LogP contribution < -0.4 is 0 Å². The molecule has 3 rings (SSSR count). The van der Waals surface area contributed by atoms with Crippen molar-refractivity contribution >= 4 is 12.3 Å². The van der Waals surface area contributed by atoms with Crippen molar-refractivity contribution < 1.29 is 23.8 Å². The maximum atomic E-state index is 11.6. The minimum absolute atomic E-state index is 0.0265. The summed E-state index contributed by atoms with van der Waals surface area (Å²) in [5.74, 6) is -0.821. The van der Waals surface area contributed by atoms with Crippen molar-refractivity contribution in [3.63, 3.8) is 0 Å². The van der Waals surface area contributed by atoms with E-state index >= 15 is 0 Å². The lowest BCUT2D eigenvalue weighted by Gasteiger charge is -2.48. The number of carbonyl (C=O) groups excluding carboxylic acids is 2. The van der Waals surface area contributed by atoms with Gasteiger partial charge in [0.1, 0.15) is 12.4 Å². The monoisotopic (exact) mass is 382 g/mol. The Morgan fingerprint density at radius 1 is 0.857 bits per heavy atom. The maximum absolute atomic E-state index is 11.6. The van der Waals surface area contributed by atoms with Gasteiger partial charge in [0.25, 0.3) is 0 Å². The van der Waals surface area contributed by atoms with Gasteiger partial charge in [-0.25, -0.2) is 0 Å². The third kappa shape index (κ3) is 5.27. The Bertz CT molecular complexity index is 746. The molecule has 1 aliphatic rings. The zero-order chi connectivity index (χ0) is 19.8. The van der Waals surface area contributed by atoms with Crippen LogP contribution in [0.15, 0.2) is 60.7 Å². The summed E-state index contributed by atoms with van der Waals surface area (Å²) >= 11 is 0. The second-order valence-corrected chi connectivity index (χ2v) is 7.12. The highest BCUT2D eigenvalue weighted by Crippen LogP contribution is 2.42. The van der Waals surface area contributed by atoms with Crippen LogP contribution in [0.2, 0.25) is 0 Å². The first-order valence-electron chi connectivity index (χ1n) is 9.55. The van der Waals surface area contributed by atoms with E-state index in [1.165, 1.54) is 6.92 Å². The second kappa shape index (κ2) is 10.2. The van der Waals surface area contributed by atoms with Crippen LogP contribution >= 0.6 is 0 Å². The molecular weight excluding hydrogens is 356 g/mol. The molecule has 0 N–H and O–H groups in total. The molecule has 0 bridgehead atoms. The van der Waals surface area contributed by atoms with Crippen molar-refractivity contribution in [1.29, 1.82) is 0 Å². The highest BCUT2D eigenvalue weighted by atomic mass is 16.5. The fraction of sp³-hybridized carbons (Fsp3) is 0.391. The van der Waals surface area contributed by atoms with Crippen molar-refractivity contribution in [1.82, 2.24) is 0 Å². The molecule has 0 unspecified atom stereocenters. The smallest absolute Gasteiger partial charge is 0.302 e. The molecule has 148 valence electrons. The van der Waals surface area contributed by atoms with Crippen molar-refractivity contribution in [3.05, 3.63) is 71.8 Å². The average molecular weight is 382 g/mol. The number of hydrogen-bond donors (Lipinski definition) is 0. The van der Waals surface area contributed by atoms with Crippen molar-refractivity contribution in [2.24, 2.45) is 17.8 Å².